The first-order valence-electron chi connectivity index (χ1n) is 10.9. The van der Waals surface area contributed by atoms with Gasteiger partial charge in [-0.05, 0) is 29.3 Å². The molecule has 0 saturated carbocycles. The number of benzene rings is 3. The number of carbonyl (C=O) groups is 2. The molecule has 170 valence electrons. The van der Waals surface area contributed by atoms with Crippen molar-refractivity contribution < 1.29 is 14.0 Å². The molecule has 0 aromatic heterocycles. The lowest BCUT2D eigenvalue weighted by molar-refractivity contribution is -0.126. The Bertz CT molecular complexity index is 1310. The van der Waals surface area contributed by atoms with Gasteiger partial charge in [0, 0.05) is 17.9 Å². The maximum absolute atomic E-state index is 14.2. The van der Waals surface area contributed by atoms with E-state index in [4.69, 9.17) is 4.99 Å². The summed E-state index contributed by atoms with van der Waals surface area (Å²) in [5.41, 5.74) is 2.93. The van der Waals surface area contributed by atoms with Crippen molar-refractivity contribution in [1.29, 1.82) is 0 Å². The smallest absolute Gasteiger partial charge is 0.271 e. The van der Waals surface area contributed by atoms with E-state index in [9.17, 15) is 14.0 Å². The standard InChI is InChI=1S/C26H21FN4O2S/c27-20-12-6-4-10-18(20)16-34-26-29-21-13-7-5-11-19(21)24-30-25(33)22(31(24)26)14-23(32)28-15-17-8-2-1-3-9-17/h1-13,22H,14-16H2,(H,28,32). The Morgan fingerprint density at radius 2 is 1.71 bits per heavy atom. The van der Waals surface area contributed by atoms with E-state index in [0.717, 1.165) is 11.1 Å². The summed E-state index contributed by atoms with van der Waals surface area (Å²) < 4.78 is 14.2. The van der Waals surface area contributed by atoms with Gasteiger partial charge in [0.15, 0.2) is 5.17 Å². The lowest BCUT2D eigenvalue weighted by Gasteiger charge is -2.30. The number of thioether (sulfide) groups is 1. The summed E-state index contributed by atoms with van der Waals surface area (Å²) in [6.45, 7) is 0.375. The number of fused-ring (bicyclic) bond motifs is 3. The molecule has 0 bridgehead atoms. The zero-order chi connectivity index (χ0) is 23.5. The van der Waals surface area contributed by atoms with Crippen LogP contribution in [0.2, 0.25) is 0 Å². The minimum atomic E-state index is -0.800. The van der Waals surface area contributed by atoms with Gasteiger partial charge in [0.05, 0.1) is 12.1 Å². The maximum atomic E-state index is 14.2. The highest BCUT2D eigenvalue weighted by Gasteiger charge is 2.42. The first-order chi connectivity index (χ1) is 16.6. The molecule has 0 aliphatic carbocycles. The van der Waals surface area contributed by atoms with Crippen molar-refractivity contribution >= 4 is 40.3 Å². The molecule has 2 aliphatic heterocycles. The predicted molar refractivity (Wildman–Crippen MR) is 131 cm³/mol. The van der Waals surface area contributed by atoms with Gasteiger partial charge in [-0.3, -0.25) is 14.5 Å². The number of amidine groups is 2. The number of nitrogens with zero attached hydrogens (tertiary/aromatic N) is 3. The molecule has 6 nitrogen and oxygen atoms in total. The second-order valence-corrected chi connectivity index (χ2v) is 8.86. The summed E-state index contributed by atoms with van der Waals surface area (Å²) in [5.74, 6) is -0.127. The van der Waals surface area contributed by atoms with Crippen LogP contribution in [-0.4, -0.2) is 33.8 Å². The number of aliphatic imine (C=N–C) groups is 2. The number of amides is 2. The van der Waals surface area contributed by atoms with Crippen molar-refractivity contribution in [2.45, 2.75) is 24.8 Å². The molecule has 1 atom stereocenters. The zero-order valence-corrected chi connectivity index (χ0v) is 19.0. The van der Waals surface area contributed by atoms with Crippen LogP contribution in [0.3, 0.4) is 0 Å². The van der Waals surface area contributed by atoms with Crippen molar-refractivity contribution in [3.05, 3.63) is 101 Å². The Labute approximate surface area is 200 Å². The van der Waals surface area contributed by atoms with E-state index in [-0.39, 0.29) is 24.1 Å². The average Bonchev–Trinajstić information content (AvgIpc) is 3.19. The highest BCUT2D eigenvalue weighted by atomic mass is 32.2. The molecule has 2 amide bonds. The third-order valence-electron chi connectivity index (χ3n) is 5.63. The maximum Gasteiger partial charge on any atom is 0.271 e. The Morgan fingerprint density at radius 3 is 2.53 bits per heavy atom. The van der Waals surface area contributed by atoms with Crippen molar-refractivity contribution in [3.8, 4) is 0 Å². The molecular formula is C26H21FN4O2S. The number of carbonyl (C=O) groups excluding carboxylic acids is 2. The van der Waals surface area contributed by atoms with Gasteiger partial charge < -0.3 is 5.32 Å². The first kappa shape index (κ1) is 22.0. The SMILES string of the molecule is O=C(CC1C(=O)N=C2c3ccccc3N=C(SCc3ccccc3F)N21)NCc1ccccc1. The molecule has 2 heterocycles. The molecule has 1 unspecified atom stereocenters. The van der Waals surface area contributed by atoms with Gasteiger partial charge in [-0.1, -0.05) is 72.4 Å². The van der Waals surface area contributed by atoms with E-state index in [1.165, 1.54) is 17.8 Å². The van der Waals surface area contributed by atoms with Gasteiger partial charge in [-0.15, -0.1) is 0 Å². The molecule has 1 N–H and O–H groups in total. The summed E-state index contributed by atoms with van der Waals surface area (Å²) in [7, 11) is 0. The van der Waals surface area contributed by atoms with E-state index in [1.54, 1.807) is 23.1 Å². The molecule has 0 fully saturated rings. The number of nitrogens with one attached hydrogen (secondary N) is 1. The van der Waals surface area contributed by atoms with E-state index in [0.29, 0.717) is 34.6 Å². The summed E-state index contributed by atoms with van der Waals surface area (Å²) in [6.07, 6.45) is -0.0554. The molecule has 8 heteroatoms. The molecule has 3 aromatic carbocycles. The normalized spacial score (nSPS) is 16.4. The second kappa shape index (κ2) is 9.61. The second-order valence-electron chi connectivity index (χ2n) is 7.92. The number of halogens is 1. The van der Waals surface area contributed by atoms with Crippen LogP contribution in [0, 0.1) is 5.82 Å². The van der Waals surface area contributed by atoms with Crippen LogP contribution in [0.5, 0.6) is 0 Å². The highest BCUT2D eigenvalue weighted by molar-refractivity contribution is 8.13. The Balaban J connectivity index is 1.37. The van der Waals surface area contributed by atoms with Crippen molar-refractivity contribution in [2.75, 3.05) is 0 Å². The van der Waals surface area contributed by atoms with Crippen molar-refractivity contribution in [3.63, 3.8) is 0 Å². The topological polar surface area (TPSA) is 74.1 Å². The molecule has 2 aliphatic rings. The quantitative estimate of drug-likeness (QED) is 0.576. The van der Waals surface area contributed by atoms with Gasteiger partial charge in [0.2, 0.25) is 5.91 Å². The molecule has 0 spiro atoms. The van der Waals surface area contributed by atoms with E-state index < -0.39 is 6.04 Å². The van der Waals surface area contributed by atoms with Gasteiger partial charge in [-0.2, -0.15) is 4.99 Å². The lowest BCUT2D eigenvalue weighted by Crippen LogP contribution is -2.45. The lowest BCUT2D eigenvalue weighted by atomic mass is 10.1. The van der Waals surface area contributed by atoms with Crippen molar-refractivity contribution in [2.24, 2.45) is 9.98 Å². The molecule has 5 rings (SSSR count). The fraction of sp³-hybridized carbons (Fsp3) is 0.154. The predicted octanol–water partition coefficient (Wildman–Crippen LogP) is 4.42. The Morgan fingerprint density at radius 1 is 0.971 bits per heavy atom. The van der Waals surface area contributed by atoms with Gasteiger partial charge >= 0.3 is 0 Å². The van der Waals surface area contributed by atoms with Crippen LogP contribution in [-0.2, 0) is 21.9 Å². The first-order valence-corrected chi connectivity index (χ1v) is 11.9. The molecule has 34 heavy (non-hydrogen) atoms. The Hall–Kier alpha value is -3.78. The van der Waals surface area contributed by atoms with Crippen LogP contribution in [0.1, 0.15) is 23.1 Å². The minimum Gasteiger partial charge on any atom is -0.352 e. The van der Waals surface area contributed by atoms with Crippen LogP contribution in [0.4, 0.5) is 10.1 Å². The number of hydrogen-bond acceptors (Lipinski definition) is 5. The fourth-order valence-corrected chi connectivity index (χ4v) is 4.94. The number of para-hydroxylation sites is 1. The van der Waals surface area contributed by atoms with Gasteiger partial charge in [0.25, 0.3) is 5.91 Å². The fourth-order valence-electron chi connectivity index (χ4n) is 3.90. The molecule has 0 radical (unpaired) electrons. The van der Waals surface area contributed by atoms with Crippen LogP contribution >= 0.6 is 11.8 Å². The van der Waals surface area contributed by atoms with Gasteiger partial charge in [0.1, 0.15) is 17.7 Å². The monoisotopic (exact) mass is 472 g/mol. The van der Waals surface area contributed by atoms with Crippen LogP contribution in [0.25, 0.3) is 0 Å². The number of hydrogen-bond donors (Lipinski definition) is 1. The largest absolute Gasteiger partial charge is 0.352 e. The summed E-state index contributed by atoms with van der Waals surface area (Å²) in [6, 6.07) is 22.8. The third-order valence-corrected chi connectivity index (χ3v) is 6.64. The van der Waals surface area contributed by atoms with E-state index in [1.807, 2.05) is 54.6 Å². The highest BCUT2D eigenvalue weighted by Crippen LogP contribution is 2.35. The van der Waals surface area contributed by atoms with Crippen LogP contribution < -0.4 is 5.32 Å². The molecule has 3 aromatic rings. The molecular weight excluding hydrogens is 451 g/mol. The third kappa shape index (κ3) is 4.49. The zero-order valence-electron chi connectivity index (χ0n) is 18.1. The summed E-state index contributed by atoms with van der Waals surface area (Å²) >= 11 is 1.32. The van der Waals surface area contributed by atoms with E-state index >= 15 is 0 Å². The number of rotatable bonds is 6. The minimum absolute atomic E-state index is 0.0554. The molecule has 0 saturated heterocycles. The average molecular weight is 473 g/mol. The van der Waals surface area contributed by atoms with E-state index in [2.05, 4.69) is 10.3 Å². The Kier molecular flexibility index (Phi) is 6.22. The van der Waals surface area contributed by atoms with Gasteiger partial charge in [-0.25, -0.2) is 9.38 Å². The summed E-state index contributed by atoms with van der Waals surface area (Å²) in [5, 5.41) is 3.40. The van der Waals surface area contributed by atoms with Crippen LogP contribution in [0.15, 0.2) is 88.8 Å². The van der Waals surface area contributed by atoms with Crippen molar-refractivity contribution in [1.82, 2.24) is 10.2 Å². The summed E-state index contributed by atoms with van der Waals surface area (Å²) in [4.78, 5) is 36.4.